The molecule has 0 aliphatic carbocycles. The van der Waals surface area contributed by atoms with E-state index in [1.54, 1.807) is 11.6 Å². The highest BCUT2D eigenvalue weighted by molar-refractivity contribution is 5.92. The average molecular weight is 465 g/mol. The average Bonchev–Trinajstić information content (AvgIpc) is 3.20. The van der Waals surface area contributed by atoms with Crippen LogP contribution in [0, 0.1) is 13.8 Å². The number of H-pyrrole nitrogens is 1. The third-order valence-electron chi connectivity index (χ3n) is 7.07. The smallest absolute Gasteiger partial charge is 0.253 e. The fraction of sp³-hybridized carbons (Fsp3) is 0.481. The van der Waals surface area contributed by atoms with Gasteiger partial charge in [0.15, 0.2) is 0 Å². The normalized spacial score (nSPS) is 15.3. The highest BCUT2D eigenvalue weighted by Gasteiger charge is 2.23. The minimum absolute atomic E-state index is 0.0421. The van der Waals surface area contributed by atoms with Crippen molar-refractivity contribution in [2.45, 2.75) is 52.6 Å². The van der Waals surface area contributed by atoms with Crippen molar-refractivity contribution in [2.75, 3.05) is 26.7 Å². The number of hydrogen-bond donors (Lipinski definition) is 2. The Morgan fingerprint density at radius 3 is 2.56 bits per heavy atom. The highest BCUT2D eigenvalue weighted by atomic mass is 16.5. The van der Waals surface area contributed by atoms with Gasteiger partial charge in [0, 0.05) is 55.4 Å². The van der Waals surface area contributed by atoms with Gasteiger partial charge < -0.3 is 19.6 Å². The molecule has 0 radical (unpaired) electrons. The SMILES string of the molecule is CNC(=O)CN1CCC(Oc2ccc3[nH]c(-c4cn(C)c(=O)c(C)c4C)c(C(C)C)c3c2)CC1. The van der Waals surface area contributed by atoms with Crippen molar-refractivity contribution in [1.29, 1.82) is 0 Å². The molecule has 1 saturated heterocycles. The number of rotatable bonds is 6. The van der Waals surface area contributed by atoms with E-state index in [-0.39, 0.29) is 17.6 Å². The number of likely N-dealkylation sites (tertiary alicyclic amines) is 1. The fourth-order valence-electron chi connectivity index (χ4n) is 4.97. The van der Waals surface area contributed by atoms with Crippen LogP contribution >= 0.6 is 0 Å². The van der Waals surface area contributed by atoms with E-state index in [2.05, 4.69) is 41.2 Å². The van der Waals surface area contributed by atoms with Crippen LogP contribution in [-0.4, -0.2) is 53.1 Å². The minimum Gasteiger partial charge on any atom is -0.490 e. The van der Waals surface area contributed by atoms with Gasteiger partial charge in [-0.05, 0) is 61.9 Å². The summed E-state index contributed by atoms with van der Waals surface area (Å²) in [7, 11) is 3.48. The summed E-state index contributed by atoms with van der Waals surface area (Å²) in [6, 6.07) is 6.26. The molecule has 0 saturated carbocycles. The Bertz CT molecular complexity index is 1260. The molecule has 4 rings (SSSR count). The molecule has 0 atom stereocenters. The number of likely N-dealkylation sites (N-methyl/N-ethyl adjacent to an activating group) is 1. The number of aromatic nitrogens is 2. The molecular weight excluding hydrogens is 428 g/mol. The molecule has 2 N–H and O–H groups in total. The Labute approximate surface area is 201 Å². The number of nitrogens with one attached hydrogen (secondary N) is 2. The van der Waals surface area contributed by atoms with E-state index in [0.29, 0.717) is 12.5 Å². The molecule has 2 aromatic heterocycles. The lowest BCUT2D eigenvalue weighted by atomic mass is 9.94. The van der Waals surface area contributed by atoms with Gasteiger partial charge in [-0.3, -0.25) is 14.5 Å². The van der Waals surface area contributed by atoms with Gasteiger partial charge in [-0.15, -0.1) is 0 Å². The summed E-state index contributed by atoms with van der Waals surface area (Å²) in [5.41, 5.74) is 6.27. The van der Waals surface area contributed by atoms with Crippen molar-refractivity contribution in [3.63, 3.8) is 0 Å². The predicted molar refractivity (Wildman–Crippen MR) is 137 cm³/mol. The number of piperidine rings is 1. The van der Waals surface area contributed by atoms with Crippen molar-refractivity contribution in [3.05, 3.63) is 51.4 Å². The number of benzene rings is 1. The van der Waals surface area contributed by atoms with E-state index < -0.39 is 0 Å². The molecule has 0 spiro atoms. The van der Waals surface area contributed by atoms with Crippen LogP contribution in [0.5, 0.6) is 5.75 Å². The summed E-state index contributed by atoms with van der Waals surface area (Å²) in [6.07, 6.45) is 3.89. The zero-order chi connectivity index (χ0) is 24.6. The van der Waals surface area contributed by atoms with Crippen molar-refractivity contribution < 1.29 is 9.53 Å². The van der Waals surface area contributed by atoms with Gasteiger partial charge in [0.25, 0.3) is 5.56 Å². The summed E-state index contributed by atoms with van der Waals surface area (Å²) in [5.74, 6) is 1.22. The first-order valence-electron chi connectivity index (χ1n) is 12.1. The maximum atomic E-state index is 12.4. The van der Waals surface area contributed by atoms with Crippen molar-refractivity contribution in [3.8, 4) is 17.0 Å². The minimum atomic E-state index is 0.0421. The van der Waals surface area contributed by atoms with Crippen LogP contribution in [0.15, 0.2) is 29.2 Å². The third kappa shape index (κ3) is 4.62. The van der Waals surface area contributed by atoms with Crippen molar-refractivity contribution in [2.24, 2.45) is 7.05 Å². The Balaban J connectivity index is 1.62. The molecule has 7 nitrogen and oxygen atoms in total. The molecule has 1 fully saturated rings. The number of nitrogens with zero attached hydrogens (tertiary/aromatic N) is 2. The summed E-state index contributed by atoms with van der Waals surface area (Å²) >= 11 is 0. The second-order valence-electron chi connectivity index (χ2n) is 9.75. The van der Waals surface area contributed by atoms with E-state index in [1.165, 1.54) is 5.56 Å². The molecule has 7 heteroatoms. The van der Waals surface area contributed by atoms with Gasteiger partial charge in [0.05, 0.1) is 12.2 Å². The lowest BCUT2D eigenvalue weighted by molar-refractivity contribution is -0.122. The number of hydrogen-bond acceptors (Lipinski definition) is 4. The van der Waals surface area contributed by atoms with Crippen LogP contribution in [0.2, 0.25) is 0 Å². The number of fused-ring (bicyclic) bond motifs is 1. The molecule has 0 bridgehead atoms. The monoisotopic (exact) mass is 464 g/mol. The van der Waals surface area contributed by atoms with Crippen molar-refractivity contribution in [1.82, 2.24) is 19.8 Å². The van der Waals surface area contributed by atoms with Crippen LogP contribution in [0.1, 0.15) is 49.3 Å². The van der Waals surface area contributed by atoms with Crippen molar-refractivity contribution >= 4 is 16.8 Å². The van der Waals surface area contributed by atoms with Crippen LogP contribution < -0.4 is 15.6 Å². The zero-order valence-corrected chi connectivity index (χ0v) is 21.1. The first-order valence-corrected chi connectivity index (χ1v) is 12.1. The Morgan fingerprint density at radius 1 is 1.21 bits per heavy atom. The first-order chi connectivity index (χ1) is 16.2. The second-order valence-corrected chi connectivity index (χ2v) is 9.75. The number of ether oxygens (including phenoxy) is 1. The van der Waals surface area contributed by atoms with E-state index in [1.807, 2.05) is 33.2 Å². The van der Waals surface area contributed by atoms with Crippen LogP contribution in [-0.2, 0) is 11.8 Å². The fourth-order valence-corrected chi connectivity index (χ4v) is 4.97. The number of amides is 1. The number of pyridine rings is 1. The highest BCUT2D eigenvalue weighted by Crippen LogP contribution is 2.38. The molecule has 1 aromatic carbocycles. The maximum Gasteiger partial charge on any atom is 0.253 e. The molecule has 182 valence electrons. The van der Waals surface area contributed by atoms with Gasteiger partial charge in [0.1, 0.15) is 11.9 Å². The Hall–Kier alpha value is -3.06. The number of carbonyl (C=O) groups is 1. The topological polar surface area (TPSA) is 79.4 Å². The maximum absolute atomic E-state index is 12.4. The second kappa shape index (κ2) is 9.66. The van der Waals surface area contributed by atoms with Crippen LogP contribution in [0.3, 0.4) is 0 Å². The lowest BCUT2D eigenvalue weighted by Gasteiger charge is -2.31. The largest absolute Gasteiger partial charge is 0.490 e. The molecule has 1 aliphatic rings. The summed E-state index contributed by atoms with van der Waals surface area (Å²) in [5, 5.41) is 3.85. The molecule has 3 aromatic rings. The van der Waals surface area contributed by atoms with Crippen LogP contribution in [0.25, 0.3) is 22.2 Å². The van der Waals surface area contributed by atoms with Gasteiger partial charge in [-0.1, -0.05) is 13.8 Å². The lowest BCUT2D eigenvalue weighted by Crippen LogP contribution is -2.43. The number of aromatic amines is 1. The summed E-state index contributed by atoms with van der Waals surface area (Å²) in [4.78, 5) is 29.8. The van der Waals surface area contributed by atoms with E-state index in [9.17, 15) is 9.59 Å². The van der Waals surface area contributed by atoms with Gasteiger partial charge in [-0.25, -0.2) is 0 Å². The molecule has 0 unspecified atom stereocenters. The predicted octanol–water partition coefficient (Wildman–Crippen LogP) is 3.86. The quantitative estimate of drug-likeness (QED) is 0.581. The molecule has 1 amide bonds. The Morgan fingerprint density at radius 2 is 1.91 bits per heavy atom. The summed E-state index contributed by atoms with van der Waals surface area (Å²) < 4.78 is 8.05. The van der Waals surface area contributed by atoms with Gasteiger partial charge in [-0.2, -0.15) is 0 Å². The standard InChI is InChI=1S/C27H36N4O3/c1-16(2)25-21-13-20(34-19-9-11-31(12-10-19)15-24(32)28-5)7-8-23(21)29-26(25)22-14-30(6)27(33)18(4)17(22)3/h7-8,13-14,16,19,29H,9-12,15H2,1-6H3,(H,28,32). The van der Waals surface area contributed by atoms with Gasteiger partial charge in [0.2, 0.25) is 5.91 Å². The van der Waals surface area contributed by atoms with E-state index in [4.69, 9.17) is 4.74 Å². The third-order valence-corrected chi connectivity index (χ3v) is 7.07. The molecule has 1 aliphatic heterocycles. The van der Waals surface area contributed by atoms with E-state index in [0.717, 1.165) is 65.0 Å². The molecule has 3 heterocycles. The van der Waals surface area contributed by atoms with E-state index >= 15 is 0 Å². The molecular formula is C27H36N4O3. The summed E-state index contributed by atoms with van der Waals surface area (Å²) in [6.45, 7) is 10.5. The number of aryl methyl sites for hydroxylation is 1. The zero-order valence-electron chi connectivity index (χ0n) is 21.1. The number of carbonyl (C=O) groups excluding carboxylic acids is 1. The Kier molecular flexibility index (Phi) is 6.84. The van der Waals surface area contributed by atoms with Gasteiger partial charge >= 0.3 is 0 Å². The first kappa shape index (κ1) is 24.1. The molecule has 34 heavy (non-hydrogen) atoms. The van der Waals surface area contributed by atoms with Crippen LogP contribution in [0.4, 0.5) is 0 Å².